The number of nitrogen functional groups attached to an aromatic ring is 1. The van der Waals surface area contributed by atoms with Crippen LogP contribution in [-0.2, 0) is 4.74 Å². The SMILES string of the molecule is CCOCCN(CC)c1ccc(F)cc1C(=N)N. The van der Waals surface area contributed by atoms with E-state index in [1.807, 2.05) is 18.7 Å². The molecule has 0 bridgehead atoms. The summed E-state index contributed by atoms with van der Waals surface area (Å²) >= 11 is 0. The minimum absolute atomic E-state index is 0.126. The molecule has 0 spiro atoms. The van der Waals surface area contributed by atoms with E-state index in [2.05, 4.69) is 0 Å². The van der Waals surface area contributed by atoms with Crippen molar-refractivity contribution in [2.75, 3.05) is 31.2 Å². The molecule has 0 aromatic heterocycles. The highest BCUT2D eigenvalue weighted by Crippen LogP contribution is 2.21. The van der Waals surface area contributed by atoms with Crippen LogP contribution in [0.4, 0.5) is 10.1 Å². The molecule has 0 heterocycles. The summed E-state index contributed by atoms with van der Waals surface area (Å²) in [5.41, 5.74) is 6.68. The topological polar surface area (TPSA) is 62.3 Å². The van der Waals surface area contributed by atoms with Gasteiger partial charge < -0.3 is 15.4 Å². The molecule has 0 unspecified atom stereocenters. The number of nitrogens with one attached hydrogen (secondary N) is 1. The zero-order valence-corrected chi connectivity index (χ0v) is 10.9. The van der Waals surface area contributed by atoms with Gasteiger partial charge in [0, 0.05) is 30.9 Å². The van der Waals surface area contributed by atoms with E-state index >= 15 is 0 Å². The standard InChI is InChI=1S/C13H20FN3O/c1-3-17(7-8-18-4-2)12-6-5-10(14)9-11(12)13(15)16/h5-6,9H,3-4,7-8H2,1-2H3,(H3,15,16). The molecule has 5 heteroatoms. The van der Waals surface area contributed by atoms with Crippen LogP contribution in [0.5, 0.6) is 0 Å². The van der Waals surface area contributed by atoms with Crippen LogP contribution in [0.25, 0.3) is 0 Å². The van der Waals surface area contributed by atoms with E-state index in [9.17, 15) is 4.39 Å². The van der Waals surface area contributed by atoms with Gasteiger partial charge in [0.2, 0.25) is 0 Å². The van der Waals surface area contributed by atoms with Gasteiger partial charge in [0.1, 0.15) is 11.7 Å². The Bertz CT molecular complexity index is 409. The highest BCUT2D eigenvalue weighted by Gasteiger charge is 2.12. The molecule has 1 rings (SSSR count). The third kappa shape index (κ3) is 3.70. The second-order valence-electron chi connectivity index (χ2n) is 3.85. The Morgan fingerprint density at radius 3 is 2.72 bits per heavy atom. The molecular weight excluding hydrogens is 233 g/mol. The number of likely N-dealkylation sites (N-methyl/N-ethyl adjacent to an activating group) is 1. The summed E-state index contributed by atoms with van der Waals surface area (Å²) in [7, 11) is 0. The fraction of sp³-hybridized carbons (Fsp3) is 0.462. The van der Waals surface area contributed by atoms with E-state index < -0.39 is 0 Å². The Balaban J connectivity index is 2.93. The molecule has 0 radical (unpaired) electrons. The quantitative estimate of drug-likeness (QED) is 0.443. The van der Waals surface area contributed by atoms with E-state index in [4.69, 9.17) is 15.9 Å². The zero-order chi connectivity index (χ0) is 13.5. The summed E-state index contributed by atoms with van der Waals surface area (Å²) in [4.78, 5) is 2.02. The maximum atomic E-state index is 13.2. The van der Waals surface area contributed by atoms with E-state index in [0.29, 0.717) is 25.3 Å². The zero-order valence-electron chi connectivity index (χ0n) is 10.9. The van der Waals surface area contributed by atoms with Crippen molar-refractivity contribution in [3.63, 3.8) is 0 Å². The Labute approximate surface area is 107 Å². The predicted molar refractivity (Wildman–Crippen MR) is 71.8 cm³/mol. The fourth-order valence-corrected chi connectivity index (χ4v) is 1.77. The molecule has 0 saturated heterocycles. The summed E-state index contributed by atoms with van der Waals surface area (Å²) in [5.74, 6) is -0.510. The van der Waals surface area contributed by atoms with Crippen molar-refractivity contribution in [3.05, 3.63) is 29.6 Å². The van der Waals surface area contributed by atoms with Crippen molar-refractivity contribution in [2.24, 2.45) is 5.73 Å². The average molecular weight is 253 g/mol. The van der Waals surface area contributed by atoms with Crippen LogP contribution in [0, 0.1) is 11.2 Å². The maximum absolute atomic E-state index is 13.2. The van der Waals surface area contributed by atoms with Crippen LogP contribution in [0.1, 0.15) is 19.4 Å². The first-order chi connectivity index (χ1) is 8.60. The van der Waals surface area contributed by atoms with Gasteiger partial charge in [-0.1, -0.05) is 0 Å². The number of benzene rings is 1. The summed E-state index contributed by atoms with van der Waals surface area (Å²) in [5, 5.41) is 7.51. The predicted octanol–water partition coefficient (Wildman–Crippen LogP) is 1.97. The van der Waals surface area contributed by atoms with Gasteiger partial charge >= 0.3 is 0 Å². The highest BCUT2D eigenvalue weighted by molar-refractivity contribution is 6.00. The number of hydrogen-bond donors (Lipinski definition) is 2. The first kappa shape index (κ1) is 14.4. The molecule has 0 amide bonds. The normalized spacial score (nSPS) is 10.4. The number of halogens is 1. The van der Waals surface area contributed by atoms with Crippen molar-refractivity contribution in [1.82, 2.24) is 0 Å². The molecule has 18 heavy (non-hydrogen) atoms. The van der Waals surface area contributed by atoms with Gasteiger partial charge in [0.15, 0.2) is 0 Å². The third-order valence-electron chi connectivity index (χ3n) is 2.68. The van der Waals surface area contributed by atoms with Gasteiger partial charge in [-0.15, -0.1) is 0 Å². The fourth-order valence-electron chi connectivity index (χ4n) is 1.77. The van der Waals surface area contributed by atoms with Gasteiger partial charge in [-0.05, 0) is 32.0 Å². The number of nitrogens with two attached hydrogens (primary N) is 1. The van der Waals surface area contributed by atoms with Gasteiger partial charge in [0.25, 0.3) is 0 Å². The summed E-state index contributed by atoms with van der Waals surface area (Å²) in [6.07, 6.45) is 0. The van der Waals surface area contributed by atoms with Crippen molar-refractivity contribution >= 4 is 11.5 Å². The third-order valence-corrected chi connectivity index (χ3v) is 2.68. The van der Waals surface area contributed by atoms with Gasteiger partial charge in [-0.25, -0.2) is 4.39 Å². The van der Waals surface area contributed by atoms with E-state index in [1.165, 1.54) is 12.1 Å². The Hall–Kier alpha value is -1.62. The highest BCUT2D eigenvalue weighted by atomic mass is 19.1. The van der Waals surface area contributed by atoms with Crippen LogP contribution in [0.3, 0.4) is 0 Å². The molecule has 0 saturated carbocycles. The van der Waals surface area contributed by atoms with Crippen molar-refractivity contribution in [3.8, 4) is 0 Å². The summed E-state index contributed by atoms with van der Waals surface area (Å²) < 4.78 is 18.5. The second-order valence-corrected chi connectivity index (χ2v) is 3.85. The number of amidine groups is 1. The first-order valence-corrected chi connectivity index (χ1v) is 6.06. The molecule has 1 aromatic rings. The van der Waals surface area contributed by atoms with E-state index in [1.54, 1.807) is 6.07 Å². The van der Waals surface area contributed by atoms with Crippen LogP contribution < -0.4 is 10.6 Å². The number of ether oxygens (including phenoxy) is 1. The number of rotatable bonds is 7. The van der Waals surface area contributed by atoms with Crippen LogP contribution in [0.15, 0.2) is 18.2 Å². The van der Waals surface area contributed by atoms with Crippen LogP contribution >= 0.6 is 0 Å². The monoisotopic (exact) mass is 253 g/mol. The molecule has 0 aliphatic heterocycles. The van der Waals surface area contributed by atoms with E-state index in [0.717, 1.165) is 12.2 Å². The van der Waals surface area contributed by atoms with Crippen LogP contribution in [-0.4, -0.2) is 32.1 Å². The smallest absolute Gasteiger partial charge is 0.125 e. The second kappa shape index (κ2) is 6.96. The molecule has 0 aliphatic rings. The molecule has 3 N–H and O–H groups in total. The molecule has 0 atom stereocenters. The summed E-state index contributed by atoms with van der Waals surface area (Å²) in [6.45, 7) is 6.64. The lowest BCUT2D eigenvalue weighted by Crippen LogP contribution is -2.29. The number of nitrogens with zero attached hydrogens (tertiary/aromatic N) is 1. The van der Waals surface area contributed by atoms with Crippen molar-refractivity contribution < 1.29 is 9.13 Å². The first-order valence-electron chi connectivity index (χ1n) is 6.06. The Kier molecular flexibility index (Phi) is 5.58. The van der Waals surface area contributed by atoms with Gasteiger partial charge in [0.05, 0.1) is 6.61 Å². The summed E-state index contributed by atoms with van der Waals surface area (Å²) in [6, 6.07) is 4.33. The minimum atomic E-state index is -0.384. The minimum Gasteiger partial charge on any atom is -0.384 e. The largest absolute Gasteiger partial charge is 0.384 e. The molecule has 0 aliphatic carbocycles. The molecule has 100 valence electrons. The Morgan fingerprint density at radius 2 is 2.17 bits per heavy atom. The van der Waals surface area contributed by atoms with Crippen molar-refractivity contribution in [1.29, 1.82) is 5.41 Å². The van der Waals surface area contributed by atoms with E-state index in [-0.39, 0.29) is 11.7 Å². The lowest BCUT2D eigenvalue weighted by Gasteiger charge is -2.25. The number of hydrogen-bond acceptors (Lipinski definition) is 3. The van der Waals surface area contributed by atoms with Gasteiger partial charge in [-0.2, -0.15) is 0 Å². The number of anilines is 1. The lowest BCUT2D eigenvalue weighted by atomic mass is 10.1. The van der Waals surface area contributed by atoms with Crippen LogP contribution in [0.2, 0.25) is 0 Å². The van der Waals surface area contributed by atoms with Crippen molar-refractivity contribution in [2.45, 2.75) is 13.8 Å². The molecule has 4 nitrogen and oxygen atoms in total. The van der Waals surface area contributed by atoms with Gasteiger partial charge in [-0.3, -0.25) is 5.41 Å². The molecule has 0 fully saturated rings. The molecule has 1 aromatic carbocycles. The lowest BCUT2D eigenvalue weighted by molar-refractivity contribution is 0.154. The Morgan fingerprint density at radius 1 is 1.44 bits per heavy atom. The average Bonchev–Trinajstić information content (AvgIpc) is 2.35. The molecular formula is C13H20FN3O. The maximum Gasteiger partial charge on any atom is 0.125 e.